The third kappa shape index (κ3) is 4.10. The highest BCUT2D eigenvalue weighted by atomic mass is 35.5. The number of hydrogen-bond donors (Lipinski definition) is 2. The van der Waals surface area contributed by atoms with Crippen LogP contribution in [0, 0.1) is 5.41 Å². The first-order valence-electron chi connectivity index (χ1n) is 7.17. The van der Waals surface area contributed by atoms with E-state index < -0.39 is 5.41 Å². The maximum absolute atomic E-state index is 12.4. The zero-order chi connectivity index (χ0) is 17.0. The van der Waals surface area contributed by atoms with Gasteiger partial charge in [0, 0.05) is 30.2 Å². The highest BCUT2D eigenvalue weighted by Crippen LogP contribution is 2.18. The first kappa shape index (κ1) is 17.5. The molecule has 2 rings (SSSR count). The van der Waals surface area contributed by atoms with E-state index in [1.54, 1.807) is 49.1 Å². The van der Waals surface area contributed by atoms with Crippen molar-refractivity contribution in [3.63, 3.8) is 0 Å². The lowest BCUT2D eigenvalue weighted by Crippen LogP contribution is -2.41. The molecule has 1 amide bonds. The normalized spacial score (nSPS) is 11.5. The van der Waals surface area contributed by atoms with Gasteiger partial charge in [0.1, 0.15) is 0 Å². The summed E-state index contributed by atoms with van der Waals surface area (Å²) in [4.78, 5) is 13.9. The van der Waals surface area contributed by atoms with Crippen molar-refractivity contribution < 1.29 is 15.0 Å². The van der Waals surface area contributed by atoms with E-state index in [4.69, 9.17) is 11.6 Å². The van der Waals surface area contributed by atoms with Crippen LogP contribution in [0.3, 0.4) is 0 Å². The molecule has 0 atom stereocenters. The van der Waals surface area contributed by atoms with E-state index in [-0.39, 0.29) is 31.4 Å². The number of rotatable bonds is 6. The Morgan fingerprint density at radius 3 is 2.65 bits per heavy atom. The maximum atomic E-state index is 12.4. The van der Waals surface area contributed by atoms with Gasteiger partial charge in [-0.3, -0.25) is 4.79 Å². The molecule has 2 N–H and O–H groups in total. The first-order chi connectivity index (χ1) is 10.9. The number of aliphatic hydroxyl groups is 2. The Hall–Kier alpha value is -1.89. The molecule has 7 heteroatoms. The zero-order valence-corrected chi connectivity index (χ0v) is 13.9. The van der Waals surface area contributed by atoms with Crippen molar-refractivity contribution in [2.24, 2.45) is 5.41 Å². The molecule has 0 spiro atoms. The number of amides is 1. The van der Waals surface area contributed by atoms with E-state index in [2.05, 4.69) is 5.10 Å². The van der Waals surface area contributed by atoms with Crippen LogP contribution in [0.4, 0.5) is 0 Å². The second-order valence-electron chi connectivity index (χ2n) is 5.91. The summed E-state index contributed by atoms with van der Waals surface area (Å²) in [5, 5.41) is 23.5. The molecule has 6 nitrogen and oxygen atoms in total. The van der Waals surface area contributed by atoms with Crippen LogP contribution < -0.4 is 0 Å². The fraction of sp³-hybridized carbons (Fsp3) is 0.375. The summed E-state index contributed by atoms with van der Waals surface area (Å²) in [5.74, 6) is -0.279. The minimum atomic E-state index is -0.750. The third-order valence-electron chi connectivity index (χ3n) is 3.61. The molecule has 0 saturated carbocycles. The number of benzene rings is 1. The van der Waals surface area contributed by atoms with Gasteiger partial charge in [0.2, 0.25) is 0 Å². The molecule has 0 aliphatic rings. The SMILES string of the molecule is CN(CC(C)(CO)CO)C(=O)c1ccn(-c2cccc(Cl)c2)n1. The Kier molecular flexibility index (Phi) is 5.41. The summed E-state index contributed by atoms with van der Waals surface area (Å²) in [7, 11) is 1.62. The van der Waals surface area contributed by atoms with Crippen LogP contribution >= 0.6 is 11.6 Å². The summed E-state index contributed by atoms with van der Waals surface area (Å²) < 4.78 is 1.57. The predicted molar refractivity (Wildman–Crippen MR) is 87.8 cm³/mol. The molecule has 0 unspecified atom stereocenters. The number of hydrogen-bond acceptors (Lipinski definition) is 4. The number of halogens is 1. The average molecular weight is 338 g/mol. The smallest absolute Gasteiger partial charge is 0.274 e. The van der Waals surface area contributed by atoms with Crippen molar-refractivity contribution in [1.82, 2.24) is 14.7 Å². The Bertz CT molecular complexity index is 683. The molecule has 0 fully saturated rings. The molecule has 0 saturated heterocycles. The van der Waals surface area contributed by atoms with E-state index in [1.165, 1.54) is 4.90 Å². The molecule has 1 aromatic heterocycles. The first-order valence-corrected chi connectivity index (χ1v) is 7.55. The number of carbonyl (C=O) groups excluding carboxylic acids is 1. The van der Waals surface area contributed by atoms with E-state index >= 15 is 0 Å². The van der Waals surface area contributed by atoms with E-state index in [9.17, 15) is 15.0 Å². The molecule has 23 heavy (non-hydrogen) atoms. The van der Waals surface area contributed by atoms with Crippen LogP contribution in [-0.2, 0) is 0 Å². The number of carbonyl (C=O) groups is 1. The third-order valence-corrected chi connectivity index (χ3v) is 3.85. The van der Waals surface area contributed by atoms with Crippen molar-refractivity contribution in [3.8, 4) is 5.69 Å². The van der Waals surface area contributed by atoms with E-state index in [0.717, 1.165) is 5.69 Å². The Morgan fingerprint density at radius 2 is 2.04 bits per heavy atom. The van der Waals surface area contributed by atoms with Crippen molar-refractivity contribution >= 4 is 17.5 Å². The Balaban J connectivity index is 2.15. The van der Waals surface area contributed by atoms with Crippen LogP contribution in [0.15, 0.2) is 36.5 Å². The van der Waals surface area contributed by atoms with Crippen molar-refractivity contribution in [1.29, 1.82) is 0 Å². The lowest BCUT2D eigenvalue weighted by molar-refractivity contribution is 0.0363. The largest absolute Gasteiger partial charge is 0.396 e. The van der Waals surface area contributed by atoms with E-state index in [1.807, 2.05) is 6.07 Å². The summed E-state index contributed by atoms with van der Waals surface area (Å²) in [6.07, 6.45) is 1.68. The molecular formula is C16H20ClN3O3. The maximum Gasteiger partial charge on any atom is 0.274 e. The van der Waals surface area contributed by atoms with Crippen LogP contribution in [0.1, 0.15) is 17.4 Å². The van der Waals surface area contributed by atoms with Gasteiger partial charge in [-0.15, -0.1) is 0 Å². The lowest BCUT2D eigenvalue weighted by Gasteiger charge is -2.29. The van der Waals surface area contributed by atoms with Crippen LogP contribution in [0.5, 0.6) is 0 Å². The number of aliphatic hydroxyl groups excluding tert-OH is 2. The van der Waals surface area contributed by atoms with Gasteiger partial charge in [-0.1, -0.05) is 24.6 Å². The second kappa shape index (κ2) is 7.12. The summed E-state index contributed by atoms with van der Waals surface area (Å²) in [6, 6.07) is 8.78. The van der Waals surface area contributed by atoms with Gasteiger partial charge < -0.3 is 15.1 Å². The average Bonchev–Trinajstić information content (AvgIpc) is 3.04. The minimum absolute atomic E-state index is 0.210. The monoisotopic (exact) mass is 337 g/mol. The summed E-state index contributed by atoms with van der Waals surface area (Å²) >= 11 is 5.96. The summed E-state index contributed by atoms with van der Waals surface area (Å²) in [6.45, 7) is 1.51. The van der Waals surface area contributed by atoms with Gasteiger partial charge in [0.15, 0.2) is 5.69 Å². The molecule has 0 radical (unpaired) electrons. The van der Waals surface area contributed by atoms with Crippen LogP contribution in [0.2, 0.25) is 5.02 Å². The second-order valence-corrected chi connectivity index (χ2v) is 6.35. The van der Waals surface area contributed by atoms with Gasteiger partial charge in [-0.05, 0) is 24.3 Å². The molecule has 0 aliphatic carbocycles. The molecule has 1 aromatic carbocycles. The van der Waals surface area contributed by atoms with Gasteiger partial charge >= 0.3 is 0 Å². The van der Waals surface area contributed by atoms with Gasteiger partial charge in [0.05, 0.1) is 18.9 Å². The predicted octanol–water partition coefficient (Wildman–Crippen LogP) is 1.59. The Morgan fingerprint density at radius 1 is 1.35 bits per heavy atom. The fourth-order valence-corrected chi connectivity index (χ4v) is 2.37. The molecular weight excluding hydrogens is 318 g/mol. The molecule has 0 aliphatic heterocycles. The highest BCUT2D eigenvalue weighted by Gasteiger charge is 2.27. The minimum Gasteiger partial charge on any atom is -0.396 e. The van der Waals surface area contributed by atoms with Gasteiger partial charge in [-0.2, -0.15) is 5.10 Å². The number of aromatic nitrogens is 2. The molecule has 0 bridgehead atoms. The van der Waals surface area contributed by atoms with Gasteiger partial charge in [0.25, 0.3) is 5.91 Å². The Labute approximate surface area is 139 Å². The zero-order valence-electron chi connectivity index (χ0n) is 13.1. The van der Waals surface area contributed by atoms with Crippen LogP contribution in [-0.4, -0.2) is 57.6 Å². The molecule has 2 aromatic rings. The molecule has 124 valence electrons. The number of nitrogens with zero attached hydrogens (tertiary/aromatic N) is 3. The standard InChI is InChI=1S/C16H20ClN3O3/c1-16(10-21,11-22)9-19(2)15(23)14-6-7-20(18-14)13-5-3-4-12(17)8-13/h3-8,21-22H,9-11H2,1-2H3. The quantitative estimate of drug-likeness (QED) is 0.839. The van der Waals surface area contributed by atoms with Crippen molar-refractivity contribution in [3.05, 3.63) is 47.2 Å². The fourth-order valence-electron chi connectivity index (χ4n) is 2.19. The van der Waals surface area contributed by atoms with Crippen LogP contribution in [0.25, 0.3) is 5.69 Å². The molecule has 1 heterocycles. The van der Waals surface area contributed by atoms with Crippen molar-refractivity contribution in [2.45, 2.75) is 6.92 Å². The topological polar surface area (TPSA) is 78.6 Å². The van der Waals surface area contributed by atoms with Crippen molar-refractivity contribution in [2.75, 3.05) is 26.8 Å². The summed E-state index contributed by atoms with van der Waals surface area (Å²) in [5.41, 5.74) is 0.292. The highest BCUT2D eigenvalue weighted by molar-refractivity contribution is 6.30. The van der Waals surface area contributed by atoms with Gasteiger partial charge in [-0.25, -0.2) is 4.68 Å². The lowest BCUT2D eigenvalue weighted by atomic mass is 9.92. The van der Waals surface area contributed by atoms with E-state index in [0.29, 0.717) is 5.02 Å².